The topological polar surface area (TPSA) is 25.2 Å². The fraction of sp³-hybridized carbons (Fsp3) is 0.286. The molecule has 0 saturated heterocycles. The van der Waals surface area contributed by atoms with Gasteiger partial charge in [0.25, 0.3) is 0 Å². The zero-order valence-electron chi connectivity index (χ0n) is 10.1. The van der Waals surface area contributed by atoms with Gasteiger partial charge in [0.05, 0.1) is 12.3 Å². The molecule has 18 heavy (non-hydrogen) atoms. The van der Waals surface area contributed by atoms with Crippen LogP contribution < -0.4 is 5.32 Å². The SMILES string of the molecule is CCNC(Cc1ccc(Br)cc1Cl)c1ccco1. The normalized spacial score (nSPS) is 12.6. The van der Waals surface area contributed by atoms with Crippen LogP contribution in [0.2, 0.25) is 5.02 Å². The van der Waals surface area contributed by atoms with E-state index in [4.69, 9.17) is 16.0 Å². The largest absolute Gasteiger partial charge is 0.468 e. The summed E-state index contributed by atoms with van der Waals surface area (Å²) in [4.78, 5) is 0. The fourth-order valence-electron chi connectivity index (χ4n) is 1.92. The minimum atomic E-state index is 0.156. The number of hydrogen-bond donors (Lipinski definition) is 1. The van der Waals surface area contributed by atoms with E-state index < -0.39 is 0 Å². The van der Waals surface area contributed by atoms with Crippen LogP contribution in [-0.4, -0.2) is 6.54 Å². The molecule has 2 nitrogen and oxygen atoms in total. The quantitative estimate of drug-likeness (QED) is 0.868. The van der Waals surface area contributed by atoms with E-state index >= 15 is 0 Å². The van der Waals surface area contributed by atoms with Crippen LogP contribution in [0, 0.1) is 0 Å². The molecule has 2 rings (SSSR count). The highest BCUT2D eigenvalue weighted by Crippen LogP contribution is 2.26. The summed E-state index contributed by atoms with van der Waals surface area (Å²) in [6, 6.07) is 10.0. The molecular formula is C14H15BrClNO. The van der Waals surface area contributed by atoms with Crippen molar-refractivity contribution in [1.29, 1.82) is 0 Å². The Labute approximate surface area is 120 Å². The van der Waals surface area contributed by atoms with E-state index in [0.29, 0.717) is 0 Å². The van der Waals surface area contributed by atoms with Crippen LogP contribution in [0.15, 0.2) is 45.5 Å². The molecule has 1 unspecified atom stereocenters. The smallest absolute Gasteiger partial charge is 0.121 e. The van der Waals surface area contributed by atoms with Crippen LogP contribution in [0.5, 0.6) is 0 Å². The fourth-order valence-corrected chi connectivity index (χ4v) is 2.67. The first kappa shape index (κ1) is 13.7. The van der Waals surface area contributed by atoms with Crippen molar-refractivity contribution in [3.05, 3.63) is 57.4 Å². The molecular weight excluding hydrogens is 314 g/mol. The van der Waals surface area contributed by atoms with Gasteiger partial charge in [0, 0.05) is 9.50 Å². The van der Waals surface area contributed by atoms with Crippen molar-refractivity contribution < 1.29 is 4.42 Å². The number of halogens is 2. The zero-order valence-corrected chi connectivity index (χ0v) is 12.5. The molecule has 0 spiro atoms. The van der Waals surface area contributed by atoms with Crippen molar-refractivity contribution in [3.8, 4) is 0 Å². The van der Waals surface area contributed by atoms with Gasteiger partial charge in [0.2, 0.25) is 0 Å². The Morgan fingerprint density at radius 2 is 2.22 bits per heavy atom. The lowest BCUT2D eigenvalue weighted by atomic mass is 10.0. The summed E-state index contributed by atoms with van der Waals surface area (Å²) < 4.78 is 6.46. The molecule has 0 aliphatic heterocycles. The maximum atomic E-state index is 6.25. The molecule has 0 saturated carbocycles. The van der Waals surface area contributed by atoms with E-state index in [0.717, 1.165) is 33.8 Å². The number of benzene rings is 1. The molecule has 1 aromatic carbocycles. The summed E-state index contributed by atoms with van der Waals surface area (Å²) in [5.41, 5.74) is 1.11. The maximum absolute atomic E-state index is 6.25. The third-order valence-electron chi connectivity index (χ3n) is 2.78. The molecule has 1 heterocycles. The minimum Gasteiger partial charge on any atom is -0.468 e. The lowest BCUT2D eigenvalue weighted by molar-refractivity contribution is 0.416. The van der Waals surface area contributed by atoms with Crippen LogP contribution in [0.4, 0.5) is 0 Å². The van der Waals surface area contributed by atoms with Gasteiger partial charge in [0.1, 0.15) is 5.76 Å². The van der Waals surface area contributed by atoms with Gasteiger partial charge < -0.3 is 9.73 Å². The van der Waals surface area contributed by atoms with Gasteiger partial charge in [-0.1, -0.05) is 40.5 Å². The Morgan fingerprint density at radius 1 is 1.39 bits per heavy atom. The first-order valence-electron chi connectivity index (χ1n) is 5.91. The van der Waals surface area contributed by atoms with Crippen LogP contribution in [0.3, 0.4) is 0 Å². The van der Waals surface area contributed by atoms with Crippen LogP contribution in [0.25, 0.3) is 0 Å². The van der Waals surface area contributed by atoms with Crippen LogP contribution in [0.1, 0.15) is 24.3 Å². The van der Waals surface area contributed by atoms with Crippen molar-refractivity contribution >= 4 is 27.5 Å². The minimum absolute atomic E-state index is 0.156. The number of rotatable bonds is 5. The van der Waals surface area contributed by atoms with Crippen molar-refractivity contribution in [2.75, 3.05) is 6.54 Å². The van der Waals surface area contributed by atoms with E-state index in [1.165, 1.54) is 0 Å². The number of likely N-dealkylation sites (N-methyl/N-ethyl adjacent to an activating group) is 1. The number of furan rings is 1. The highest BCUT2D eigenvalue weighted by molar-refractivity contribution is 9.10. The van der Waals surface area contributed by atoms with E-state index in [9.17, 15) is 0 Å². The molecule has 0 aliphatic carbocycles. The first-order chi connectivity index (χ1) is 8.70. The monoisotopic (exact) mass is 327 g/mol. The van der Waals surface area contributed by atoms with Gasteiger partial charge in [-0.25, -0.2) is 0 Å². The van der Waals surface area contributed by atoms with E-state index in [1.807, 2.05) is 30.3 Å². The Hall–Kier alpha value is -0.770. The van der Waals surface area contributed by atoms with Gasteiger partial charge in [-0.2, -0.15) is 0 Å². The average Bonchev–Trinajstić information content (AvgIpc) is 2.85. The predicted octanol–water partition coefficient (Wildman–Crippen LogP) is 4.59. The third kappa shape index (κ3) is 3.37. The highest BCUT2D eigenvalue weighted by Gasteiger charge is 2.15. The summed E-state index contributed by atoms with van der Waals surface area (Å²) in [6.45, 7) is 2.97. The summed E-state index contributed by atoms with van der Waals surface area (Å²) in [6.07, 6.45) is 2.51. The average molecular weight is 329 g/mol. The number of hydrogen-bond acceptors (Lipinski definition) is 2. The summed E-state index contributed by atoms with van der Waals surface area (Å²) in [5.74, 6) is 0.941. The van der Waals surface area contributed by atoms with Gasteiger partial charge in [-0.05, 0) is 42.8 Å². The molecule has 0 amide bonds. The van der Waals surface area contributed by atoms with Gasteiger partial charge in [-0.3, -0.25) is 0 Å². The lowest BCUT2D eigenvalue weighted by Crippen LogP contribution is -2.22. The molecule has 96 valence electrons. The summed E-state index contributed by atoms with van der Waals surface area (Å²) in [7, 11) is 0. The van der Waals surface area contributed by atoms with Crippen LogP contribution in [-0.2, 0) is 6.42 Å². The molecule has 1 aromatic heterocycles. The second-order valence-corrected chi connectivity index (χ2v) is 5.39. The van der Waals surface area contributed by atoms with Crippen LogP contribution >= 0.6 is 27.5 Å². The Balaban J connectivity index is 2.18. The molecule has 1 N–H and O–H groups in total. The van der Waals surface area contributed by atoms with Crippen molar-refractivity contribution in [3.63, 3.8) is 0 Å². The zero-order chi connectivity index (χ0) is 13.0. The molecule has 0 radical (unpaired) electrons. The molecule has 4 heteroatoms. The van der Waals surface area contributed by atoms with E-state index in [2.05, 4.69) is 28.2 Å². The molecule has 1 atom stereocenters. The van der Waals surface area contributed by atoms with Gasteiger partial charge in [-0.15, -0.1) is 0 Å². The molecule has 0 bridgehead atoms. The maximum Gasteiger partial charge on any atom is 0.121 e. The second kappa shape index (κ2) is 6.41. The van der Waals surface area contributed by atoms with Gasteiger partial charge in [0.15, 0.2) is 0 Å². The van der Waals surface area contributed by atoms with Crippen molar-refractivity contribution in [2.24, 2.45) is 0 Å². The summed E-state index contributed by atoms with van der Waals surface area (Å²) in [5, 5.41) is 4.19. The number of nitrogens with one attached hydrogen (secondary N) is 1. The lowest BCUT2D eigenvalue weighted by Gasteiger charge is -2.16. The van der Waals surface area contributed by atoms with Crippen molar-refractivity contribution in [1.82, 2.24) is 5.32 Å². The summed E-state index contributed by atoms with van der Waals surface area (Å²) >= 11 is 9.66. The Bertz CT molecular complexity index is 499. The standard InChI is InChI=1S/C14H15BrClNO/c1-2-17-13(14-4-3-7-18-14)8-10-5-6-11(15)9-12(10)16/h3-7,9,13,17H,2,8H2,1H3. The first-order valence-corrected chi connectivity index (χ1v) is 7.08. The van der Waals surface area contributed by atoms with E-state index in [-0.39, 0.29) is 6.04 Å². The van der Waals surface area contributed by atoms with Crippen molar-refractivity contribution in [2.45, 2.75) is 19.4 Å². The Kier molecular flexibility index (Phi) is 4.87. The third-order valence-corrected chi connectivity index (χ3v) is 3.62. The van der Waals surface area contributed by atoms with Gasteiger partial charge >= 0.3 is 0 Å². The Morgan fingerprint density at radius 3 is 2.83 bits per heavy atom. The van der Waals surface area contributed by atoms with E-state index in [1.54, 1.807) is 6.26 Å². The molecule has 0 fully saturated rings. The second-order valence-electron chi connectivity index (χ2n) is 4.07. The molecule has 2 aromatic rings. The predicted molar refractivity (Wildman–Crippen MR) is 78.0 cm³/mol. The molecule has 0 aliphatic rings. The highest BCUT2D eigenvalue weighted by atomic mass is 79.9.